The molecule has 24 heavy (non-hydrogen) atoms. The number of rotatable bonds is 7. The van der Waals surface area contributed by atoms with Gasteiger partial charge in [0.15, 0.2) is 0 Å². The summed E-state index contributed by atoms with van der Waals surface area (Å²) in [5.74, 6) is 1.07. The van der Waals surface area contributed by atoms with Crippen molar-refractivity contribution in [2.75, 3.05) is 47.5 Å². The number of hydrogen-bond acceptors (Lipinski definition) is 5. The molecule has 7 heteroatoms. The van der Waals surface area contributed by atoms with E-state index < -0.39 is 5.60 Å². The largest absolute Gasteiger partial charge is 0.382 e. The van der Waals surface area contributed by atoms with E-state index in [0.29, 0.717) is 26.2 Å². The molecule has 2 heterocycles. The van der Waals surface area contributed by atoms with Crippen LogP contribution in [0.3, 0.4) is 0 Å². The molecule has 136 valence electrons. The van der Waals surface area contributed by atoms with Crippen LogP contribution in [-0.2, 0) is 27.2 Å². The molecule has 0 aliphatic carbocycles. The molecule has 0 aromatic carbocycles. The van der Waals surface area contributed by atoms with E-state index in [1.54, 1.807) is 26.1 Å². The Balaban J connectivity index is 2.09. The first-order chi connectivity index (χ1) is 11.4. The van der Waals surface area contributed by atoms with Crippen LogP contribution in [0, 0.1) is 6.92 Å². The smallest absolute Gasteiger partial charge is 0.225 e. The summed E-state index contributed by atoms with van der Waals surface area (Å²) in [5, 5.41) is 0. The normalized spacial score (nSPS) is 21.9. The van der Waals surface area contributed by atoms with E-state index in [9.17, 15) is 4.79 Å². The number of H-pyrrole nitrogens is 1. The van der Waals surface area contributed by atoms with Gasteiger partial charge < -0.3 is 19.4 Å². The zero-order chi connectivity index (χ0) is 17.7. The van der Waals surface area contributed by atoms with Gasteiger partial charge in [0, 0.05) is 53.0 Å². The number of carbonyl (C=O) groups excluding carboxylic acids is 1. The third-order valence-corrected chi connectivity index (χ3v) is 4.45. The van der Waals surface area contributed by atoms with Gasteiger partial charge in [-0.25, -0.2) is 4.98 Å². The zero-order valence-corrected chi connectivity index (χ0v) is 15.5. The standard InChI is InChI=1S/C17H30N4O3/c1-6-15-18-13(2)14(19-15)10-21-7-8-24-17(11-21,12-23-5)9-16(22)20(3)4/h6-12H2,1-5H3,(H,18,19)/t17-/m1/s1. The highest BCUT2D eigenvalue weighted by atomic mass is 16.5. The third-order valence-electron chi connectivity index (χ3n) is 4.45. The lowest BCUT2D eigenvalue weighted by Crippen LogP contribution is -2.55. The molecule has 1 aliphatic rings. The van der Waals surface area contributed by atoms with E-state index in [1.165, 1.54) is 0 Å². The zero-order valence-electron chi connectivity index (χ0n) is 15.5. The van der Waals surface area contributed by atoms with Crippen LogP contribution in [0.1, 0.15) is 30.6 Å². The molecular formula is C17H30N4O3. The van der Waals surface area contributed by atoms with Crippen molar-refractivity contribution in [3.8, 4) is 0 Å². The van der Waals surface area contributed by atoms with Crippen LogP contribution in [0.25, 0.3) is 0 Å². The highest BCUT2D eigenvalue weighted by molar-refractivity contribution is 5.76. The molecule has 1 aromatic rings. The first-order valence-corrected chi connectivity index (χ1v) is 8.49. The minimum atomic E-state index is -0.591. The Bertz CT molecular complexity index is 554. The number of ether oxygens (including phenoxy) is 2. The Kier molecular flexibility index (Phi) is 6.37. The first kappa shape index (κ1) is 18.9. The summed E-state index contributed by atoms with van der Waals surface area (Å²) in [4.78, 5) is 24.1. The molecule has 7 nitrogen and oxygen atoms in total. The second-order valence-corrected chi connectivity index (χ2v) is 6.75. The van der Waals surface area contributed by atoms with Gasteiger partial charge in [0.1, 0.15) is 11.4 Å². The molecule has 1 atom stereocenters. The minimum absolute atomic E-state index is 0.0538. The number of aryl methyl sites for hydroxylation is 2. The summed E-state index contributed by atoms with van der Waals surface area (Å²) in [7, 11) is 5.18. The SMILES string of the molecule is CCc1nc(CN2CCO[C@](COC)(CC(=O)N(C)C)C2)c(C)[nH]1. The van der Waals surface area contributed by atoms with E-state index in [2.05, 4.69) is 28.7 Å². The first-order valence-electron chi connectivity index (χ1n) is 8.49. The second-order valence-electron chi connectivity index (χ2n) is 6.75. The lowest BCUT2D eigenvalue weighted by molar-refractivity contribution is -0.160. The van der Waals surface area contributed by atoms with Gasteiger partial charge >= 0.3 is 0 Å². The molecule has 1 aromatic heterocycles. The summed E-state index contributed by atoms with van der Waals surface area (Å²) < 4.78 is 11.4. The maximum absolute atomic E-state index is 12.2. The number of imidazole rings is 1. The summed E-state index contributed by atoms with van der Waals surface area (Å²) >= 11 is 0. The van der Waals surface area contributed by atoms with E-state index in [0.717, 1.165) is 36.7 Å². The number of carbonyl (C=O) groups is 1. The van der Waals surface area contributed by atoms with E-state index in [4.69, 9.17) is 9.47 Å². The van der Waals surface area contributed by atoms with Crippen LogP contribution < -0.4 is 0 Å². The van der Waals surface area contributed by atoms with Gasteiger partial charge in [0.2, 0.25) is 5.91 Å². The van der Waals surface area contributed by atoms with Crippen LogP contribution in [0.15, 0.2) is 0 Å². The summed E-state index contributed by atoms with van der Waals surface area (Å²) in [6.45, 7) is 7.39. The van der Waals surface area contributed by atoms with E-state index >= 15 is 0 Å². The van der Waals surface area contributed by atoms with Gasteiger partial charge in [-0.05, 0) is 6.92 Å². The molecule has 0 unspecified atom stereocenters. The van der Waals surface area contributed by atoms with E-state index in [-0.39, 0.29) is 5.91 Å². The number of nitrogens with zero attached hydrogens (tertiary/aromatic N) is 3. The molecule has 0 spiro atoms. The van der Waals surface area contributed by atoms with Gasteiger partial charge in [-0.1, -0.05) is 6.92 Å². The fraction of sp³-hybridized carbons (Fsp3) is 0.765. The minimum Gasteiger partial charge on any atom is -0.382 e. The van der Waals surface area contributed by atoms with E-state index in [1.807, 2.05) is 0 Å². The maximum atomic E-state index is 12.2. The molecular weight excluding hydrogens is 308 g/mol. The molecule has 2 rings (SSSR count). The van der Waals surface area contributed by atoms with Crippen molar-refractivity contribution in [2.24, 2.45) is 0 Å². The molecule has 0 radical (unpaired) electrons. The molecule has 1 aliphatic heterocycles. The van der Waals surface area contributed by atoms with Crippen molar-refractivity contribution in [2.45, 2.75) is 38.8 Å². The number of hydrogen-bond donors (Lipinski definition) is 1. The van der Waals surface area contributed by atoms with Crippen LogP contribution in [-0.4, -0.2) is 78.8 Å². The fourth-order valence-corrected chi connectivity index (χ4v) is 3.10. The Hall–Kier alpha value is -1.44. The highest BCUT2D eigenvalue weighted by Crippen LogP contribution is 2.25. The lowest BCUT2D eigenvalue weighted by atomic mass is 9.97. The predicted octanol–water partition coefficient (Wildman–Crippen LogP) is 0.976. The van der Waals surface area contributed by atoms with Crippen molar-refractivity contribution in [1.29, 1.82) is 0 Å². The van der Waals surface area contributed by atoms with Gasteiger partial charge in [-0.2, -0.15) is 0 Å². The number of morpholine rings is 1. The Morgan fingerprint density at radius 2 is 2.25 bits per heavy atom. The van der Waals surface area contributed by atoms with Crippen molar-refractivity contribution in [1.82, 2.24) is 19.8 Å². The lowest BCUT2D eigenvalue weighted by Gasteiger charge is -2.42. The average Bonchev–Trinajstić information content (AvgIpc) is 2.88. The molecule has 1 amide bonds. The third kappa shape index (κ3) is 4.55. The average molecular weight is 338 g/mol. The number of amides is 1. The number of nitrogens with one attached hydrogen (secondary N) is 1. The Morgan fingerprint density at radius 3 is 2.83 bits per heavy atom. The van der Waals surface area contributed by atoms with Crippen LogP contribution in [0.5, 0.6) is 0 Å². The number of aromatic nitrogens is 2. The van der Waals surface area contributed by atoms with Crippen molar-refractivity contribution >= 4 is 5.91 Å². The van der Waals surface area contributed by atoms with Gasteiger partial charge in [-0.15, -0.1) is 0 Å². The summed E-state index contributed by atoms with van der Waals surface area (Å²) in [6.07, 6.45) is 1.22. The van der Waals surface area contributed by atoms with Crippen LogP contribution >= 0.6 is 0 Å². The van der Waals surface area contributed by atoms with Crippen molar-refractivity contribution < 1.29 is 14.3 Å². The second kappa shape index (κ2) is 8.09. The van der Waals surface area contributed by atoms with Gasteiger partial charge in [-0.3, -0.25) is 9.69 Å². The molecule has 1 N–H and O–H groups in total. The predicted molar refractivity (Wildman–Crippen MR) is 91.8 cm³/mol. The summed E-state index contributed by atoms with van der Waals surface area (Å²) in [5.41, 5.74) is 1.59. The Labute approximate surface area is 144 Å². The molecule has 1 saturated heterocycles. The van der Waals surface area contributed by atoms with Crippen LogP contribution in [0.2, 0.25) is 0 Å². The monoisotopic (exact) mass is 338 g/mol. The highest BCUT2D eigenvalue weighted by Gasteiger charge is 2.39. The molecule has 0 bridgehead atoms. The van der Waals surface area contributed by atoms with Crippen molar-refractivity contribution in [3.63, 3.8) is 0 Å². The molecule has 1 fully saturated rings. The number of aromatic amines is 1. The topological polar surface area (TPSA) is 70.7 Å². The fourth-order valence-electron chi connectivity index (χ4n) is 3.10. The number of methoxy groups -OCH3 is 1. The summed E-state index contributed by atoms with van der Waals surface area (Å²) in [6, 6.07) is 0. The maximum Gasteiger partial charge on any atom is 0.225 e. The van der Waals surface area contributed by atoms with Crippen LogP contribution in [0.4, 0.5) is 0 Å². The van der Waals surface area contributed by atoms with Crippen molar-refractivity contribution in [3.05, 3.63) is 17.2 Å². The quantitative estimate of drug-likeness (QED) is 0.802. The van der Waals surface area contributed by atoms with Gasteiger partial charge in [0.25, 0.3) is 0 Å². The molecule has 0 saturated carbocycles. The van der Waals surface area contributed by atoms with Gasteiger partial charge in [0.05, 0.1) is 25.3 Å². The Morgan fingerprint density at radius 1 is 1.50 bits per heavy atom.